The van der Waals surface area contributed by atoms with E-state index in [0.717, 1.165) is 32.3 Å². The molecule has 102 valence electrons. The Labute approximate surface area is 120 Å². The smallest absolute Gasteiger partial charge is 0.208 e. The first-order valence-electron chi connectivity index (χ1n) is 5.86. The summed E-state index contributed by atoms with van der Waals surface area (Å²) in [6, 6.07) is 0. The van der Waals surface area contributed by atoms with Crippen molar-refractivity contribution in [3.05, 3.63) is 11.9 Å². The summed E-state index contributed by atoms with van der Waals surface area (Å²) in [5, 5.41) is 13.2. The molecule has 19 heavy (non-hydrogen) atoms. The van der Waals surface area contributed by atoms with Crippen LogP contribution in [0, 0.1) is 0 Å². The molecule has 2 rings (SSSR count). The van der Waals surface area contributed by atoms with Crippen LogP contribution in [0.1, 0.15) is 12.5 Å². The highest BCUT2D eigenvalue weighted by Crippen LogP contribution is 2.34. The van der Waals surface area contributed by atoms with Gasteiger partial charge in [0.25, 0.3) is 0 Å². The molecule has 0 atom stereocenters. The Kier molecular flexibility index (Phi) is 4.54. The average Bonchev–Trinajstić information content (AvgIpc) is 2.87. The zero-order chi connectivity index (χ0) is 13.8. The predicted molar refractivity (Wildman–Crippen MR) is 79.3 cm³/mol. The van der Waals surface area contributed by atoms with E-state index in [1.54, 1.807) is 17.7 Å². The fourth-order valence-corrected chi connectivity index (χ4v) is 3.37. The van der Waals surface area contributed by atoms with Gasteiger partial charge in [0.1, 0.15) is 17.2 Å². The van der Waals surface area contributed by atoms with Crippen molar-refractivity contribution >= 4 is 34.0 Å². The first kappa shape index (κ1) is 14.0. The molecule has 1 N–H and O–H groups in total. The molecule has 2 aromatic rings. The molecule has 0 saturated carbocycles. The first-order valence-corrected chi connectivity index (χ1v) is 7.49. The minimum absolute atomic E-state index is 0.873. The lowest BCUT2D eigenvalue weighted by atomic mass is 10.2. The van der Waals surface area contributed by atoms with Crippen molar-refractivity contribution in [2.24, 2.45) is 0 Å². The van der Waals surface area contributed by atoms with Crippen molar-refractivity contribution in [1.29, 1.82) is 0 Å². The van der Waals surface area contributed by atoms with Crippen LogP contribution in [0.4, 0.5) is 10.9 Å². The summed E-state index contributed by atoms with van der Waals surface area (Å²) in [4.78, 5) is 10.5. The summed E-state index contributed by atoms with van der Waals surface area (Å²) < 4.78 is 0.888. The Morgan fingerprint density at radius 1 is 1.32 bits per heavy atom. The van der Waals surface area contributed by atoms with Gasteiger partial charge in [-0.05, 0) is 18.2 Å². The fourth-order valence-electron chi connectivity index (χ4n) is 1.53. The number of rotatable bonds is 5. The van der Waals surface area contributed by atoms with Gasteiger partial charge in [-0.3, -0.25) is 0 Å². The van der Waals surface area contributed by atoms with E-state index < -0.39 is 0 Å². The predicted octanol–water partition coefficient (Wildman–Crippen LogP) is 2.15. The van der Waals surface area contributed by atoms with Crippen LogP contribution < -0.4 is 10.2 Å². The summed E-state index contributed by atoms with van der Waals surface area (Å²) in [5.74, 6) is 0.873. The van der Waals surface area contributed by atoms with Crippen LogP contribution in [0.3, 0.4) is 0 Å². The third-order valence-corrected chi connectivity index (χ3v) is 4.65. The van der Waals surface area contributed by atoms with E-state index in [4.69, 9.17) is 0 Å². The van der Waals surface area contributed by atoms with E-state index in [1.807, 2.05) is 26.0 Å². The SMILES string of the molecule is CCc1c(NC)ncnc1Sc1nnc(N(C)C)s1. The van der Waals surface area contributed by atoms with E-state index in [9.17, 15) is 0 Å². The molecule has 0 fully saturated rings. The zero-order valence-electron chi connectivity index (χ0n) is 11.3. The molecule has 0 unspecified atom stereocenters. The van der Waals surface area contributed by atoms with E-state index in [-0.39, 0.29) is 0 Å². The van der Waals surface area contributed by atoms with Crippen molar-refractivity contribution in [3.8, 4) is 0 Å². The van der Waals surface area contributed by atoms with Gasteiger partial charge in [-0.15, -0.1) is 10.2 Å². The maximum Gasteiger partial charge on any atom is 0.208 e. The molecule has 0 saturated heterocycles. The number of aromatic nitrogens is 4. The summed E-state index contributed by atoms with van der Waals surface area (Å²) in [6.07, 6.45) is 2.44. The quantitative estimate of drug-likeness (QED) is 0.848. The molecule has 0 aliphatic heterocycles. The molecule has 2 heterocycles. The van der Waals surface area contributed by atoms with Crippen LogP contribution in [0.15, 0.2) is 15.7 Å². The van der Waals surface area contributed by atoms with Crippen molar-refractivity contribution in [2.45, 2.75) is 22.7 Å². The number of nitrogens with one attached hydrogen (secondary N) is 1. The maximum atomic E-state index is 4.34. The second-order valence-electron chi connectivity index (χ2n) is 3.96. The molecule has 0 aliphatic carbocycles. The molecular weight excluding hydrogens is 280 g/mol. The van der Waals surface area contributed by atoms with Crippen LogP contribution in [-0.4, -0.2) is 41.3 Å². The molecular formula is C11H16N6S2. The van der Waals surface area contributed by atoms with E-state index in [1.165, 1.54) is 11.8 Å². The summed E-state index contributed by atoms with van der Waals surface area (Å²) in [6.45, 7) is 2.09. The van der Waals surface area contributed by atoms with Gasteiger partial charge in [0.05, 0.1) is 0 Å². The molecule has 2 aromatic heterocycles. The number of hydrogen-bond donors (Lipinski definition) is 1. The van der Waals surface area contributed by atoms with Crippen molar-refractivity contribution in [3.63, 3.8) is 0 Å². The maximum absolute atomic E-state index is 4.34. The first-order chi connectivity index (χ1) is 9.15. The topological polar surface area (TPSA) is 66.8 Å². The summed E-state index contributed by atoms with van der Waals surface area (Å²) in [5.41, 5.74) is 1.11. The average molecular weight is 296 g/mol. The summed E-state index contributed by atoms with van der Waals surface area (Å²) in [7, 11) is 5.78. The Morgan fingerprint density at radius 2 is 2.11 bits per heavy atom. The molecule has 6 nitrogen and oxygen atoms in total. The van der Waals surface area contributed by atoms with Gasteiger partial charge in [0.15, 0.2) is 4.34 Å². The van der Waals surface area contributed by atoms with Gasteiger partial charge in [-0.25, -0.2) is 9.97 Å². The lowest BCUT2D eigenvalue weighted by molar-refractivity contribution is 0.937. The van der Waals surface area contributed by atoms with Crippen molar-refractivity contribution < 1.29 is 0 Å². The van der Waals surface area contributed by atoms with Crippen LogP contribution in [0.2, 0.25) is 0 Å². The molecule has 0 aromatic carbocycles. The second-order valence-corrected chi connectivity index (χ2v) is 6.15. The lowest BCUT2D eigenvalue weighted by Gasteiger charge is -2.09. The molecule has 0 radical (unpaired) electrons. The Balaban J connectivity index is 2.27. The second kappa shape index (κ2) is 6.16. The molecule has 8 heteroatoms. The number of hydrogen-bond acceptors (Lipinski definition) is 8. The highest BCUT2D eigenvalue weighted by atomic mass is 32.2. The van der Waals surface area contributed by atoms with Crippen LogP contribution in [0.25, 0.3) is 0 Å². The normalized spacial score (nSPS) is 10.5. The standard InChI is InChI=1S/C11H16N6S2/c1-5-7-8(12-2)13-6-14-9(7)18-11-16-15-10(19-11)17(3)4/h6H,5H2,1-4H3,(H,12,13,14). The third kappa shape index (κ3) is 3.13. The van der Waals surface area contributed by atoms with Crippen LogP contribution in [0.5, 0.6) is 0 Å². The number of anilines is 2. The Bertz CT molecular complexity index is 554. The van der Waals surface area contributed by atoms with Gasteiger partial charge >= 0.3 is 0 Å². The van der Waals surface area contributed by atoms with Gasteiger partial charge in [-0.1, -0.05) is 18.3 Å². The van der Waals surface area contributed by atoms with E-state index in [0.29, 0.717) is 0 Å². The van der Waals surface area contributed by atoms with E-state index >= 15 is 0 Å². The number of nitrogens with zero attached hydrogens (tertiary/aromatic N) is 5. The molecule has 0 spiro atoms. The molecule has 0 bridgehead atoms. The minimum atomic E-state index is 0.873. The monoisotopic (exact) mass is 296 g/mol. The zero-order valence-corrected chi connectivity index (χ0v) is 13.0. The highest BCUT2D eigenvalue weighted by Gasteiger charge is 2.13. The van der Waals surface area contributed by atoms with Gasteiger partial charge in [0, 0.05) is 26.7 Å². The Hall–Kier alpha value is -1.41. The molecule has 0 amide bonds. The third-order valence-electron chi connectivity index (χ3n) is 2.46. The summed E-state index contributed by atoms with van der Waals surface area (Å²) >= 11 is 3.09. The van der Waals surface area contributed by atoms with Crippen LogP contribution >= 0.6 is 23.1 Å². The Morgan fingerprint density at radius 3 is 2.68 bits per heavy atom. The fraction of sp³-hybridized carbons (Fsp3) is 0.455. The molecule has 0 aliphatic rings. The van der Waals surface area contributed by atoms with Crippen LogP contribution in [-0.2, 0) is 6.42 Å². The van der Waals surface area contributed by atoms with Crippen molar-refractivity contribution in [2.75, 3.05) is 31.4 Å². The van der Waals surface area contributed by atoms with E-state index in [2.05, 4.69) is 32.4 Å². The van der Waals surface area contributed by atoms with Gasteiger partial charge in [-0.2, -0.15) is 0 Å². The van der Waals surface area contributed by atoms with Gasteiger partial charge in [0.2, 0.25) is 5.13 Å². The lowest BCUT2D eigenvalue weighted by Crippen LogP contribution is -2.07. The minimum Gasteiger partial charge on any atom is -0.373 e. The van der Waals surface area contributed by atoms with Gasteiger partial charge < -0.3 is 10.2 Å². The highest BCUT2D eigenvalue weighted by molar-refractivity contribution is 8.01. The largest absolute Gasteiger partial charge is 0.373 e. The van der Waals surface area contributed by atoms with Crippen molar-refractivity contribution in [1.82, 2.24) is 20.2 Å².